The topological polar surface area (TPSA) is 84.2 Å². The number of aromatic nitrogens is 2. The summed E-state index contributed by atoms with van der Waals surface area (Å²) in [6.45, 7) is 0.568. The van der Waals surface area contributed by atoms with Crippen LogP contribution in [0.15, 0.2) is 34.8 Å². The van der Waals surface area contributed by atoms with Gasteiger partial charge in [-0.2, -0.15) is 13.2 Å². The van der Waals surface area contributed by atoms with Crippen molar-refractivity contribution >= 4 is 51.0 Å². The van der Waals surface area contributed by atoms with Gasteiger partial charge in [0.25, 0.3) is 5.91 Å². The van der Waals surface area contributed by atoms with Crippen LogP contribution >= 0.6 is 23.1 Å². The standard InChI is InChI=1S/C19H16F3N3O3S2/c20-19(21,22)11-3-4-12-13(8-25(14(12)5-11)7-10-1-2-10)17(28)24-18-23-6-16(30-18)29-9-15(26)27/h3-6,8,10H,1-2,7,9H2,(H,26,27)(H,23,24,28). The number of alkyl halides is 3. The average Bonchev–Trinajstić information content (AvgIpc) is 3.26. The molecule has 1 saturated carbocycles. The number of carbonyl (C=O) groups is 2. The van der Waals surface area contributed by atoms with Gasteiger partial charge in [0, 0.05) is 23.6 Å². The molecule has 2 heterocycles. The molecule has 11 heteroatoms. The average molecular weight is 455 g/mol. The number of anilines is 1. The summed E-state index contributed by atoms with van der Waals surface area (Å²) in [5, 5.41) is 12.1. The van der Waals surface area contributed by atoms with E-state index in [1.807, 2.05) is 0 Å². The SMILES string of the molecule is O=C(O)CSc1cnc(NC(=O)c2cn(CC3CC3)c3cc(C(F)(F)F)ccc23)s1. The molecule has 1 amide bonds. The summed E-state index contributed by atoms with van der Waals surface area (Å²) >= 11 is 2.23. The van der Waals surface area contributed by atoms with Crippen LogP contribution in [0.5, 0.6) is 0 Å². The van der Waals surface area contributed by atoms with Gasteiger partial charge in [-0.3, -0.25) is 14.9 Å². The third kappa shape index (κ3) is 4.62. The smallest absolute Gasteiger partial charge is 0.416 e. The van der Waals surface area contributed by atoms with Gasteiger partial charge in [-0.1, -0.05) is 17.4 Å². The molecule has 0 radical (unpaired) electrons. The first kappa shape index (κ1) is 20.7. The number of fused-ring (bicyclic) bond motifs is 1. The molecule has 1 aliphatic carbocycles. The number of carbonyl (C=O) groups excluding carboxylic acids is 1. The molecule has 6 nitrogen and oxygen atoms in total. The van der Waals surface area contributed by atoms with E-state index < -0.39 is 23.6 Å². The quantitative estimate of drug-likeness (QED) is 0.492. The van der Waals surface area contributed by atoms with Crippen molar-refractivity contribution < 1.29 is 27.9 Å². The van der Waals surface area contributed by atoms with Crippen LogP contribution in [-0.4, -0.2) is 32.3 Å². The number of thiazole rings is 1. The Morgan fingerprint density at radius 3 is 2.77 bits per heavy atom. The lowest BCUT2D eigenvalue weighted by molar-refractivity contribution is -0.137. The van der Waals surface area contributed by atoms with Gasteiger partial charge in [0.05, 0.1) is 27.3 Å². The number of carboxylic acid groups (broad SMARTS) is 1. The van der Waals surface area contributed by atoms with Gasteiger partial charge < -0.3 is 9.67 Å². The molecule has 2 N–H and O–H groups in total. The van der Waals surface area contributed by atoms with Crippen LogP contribution in [-0.2, 0) is 17.5 Å². The molecular weight excluding hydrogens is 439 g/mol. The van der Waals surface area contributed by atoms with E-state index in [-0.39, 0.29) is 11.3 Å². The monoisotopic (exact) mass is 455 g/mol. The summed E-state index contributed by atoms with van der Waals surface area (Å²) in [7, 11) is 0. The van der Waals surface area contributed by atoms with E-state index in [1.165, 1.54) is 12.3 Å². The predicted octanol–water partition coefficient (Wildman–Crippen LogP) is 4.96. The van der Waals surface area contributed by atoms with Crippen LogP contribution in [0.1, 0.15) is 28.8 Å². The maximum atomic E-state index is 13.2. The summed E-state index contributed by atoms with van der Waals surface area (Å²) < 4.78 is 41.8. The van der Waals surface area contributed by atoms with Gasteiger partial charge in [0.15, 0.2) is 5.13 Å². The highest BCUT2D eigenvalue weighted by molar-refractivity contribution is 8.01. The lowest BCUT2D eigenvalue weighted by atomic mass is 10.1. The van der Waals surface area contributed by atoms with Crippen molar-refractivity contribution in [3.8, 4) is 0 Å². The number of halogens is 3. The van der Waals surface area contributed by atoms with Gasteiger partial charge in [-0.25, -0.2) is 4.98 Å². The van der Waals surface area contributed by atoms with E-state index in [4.69, 9.17) is 5.11 Å². The van der Waals surface area contributed by atoms with Crippen molar-refractivity contribution in [2.45, 2.75) is 29.8 Å². The first-order chi connectivity index (χ1) is 14.2. The molecule has 158 valence electrons. The van der Waals surface area contributed by atoms with Gasteiger partial charge >= 0.3 is 12.1 Å². The highest BCUT2D eigenvalue weighted by Gasteiger charge is 2.32. The number of benzene rings is 1. The predicted molar refractivity (Wildman–Crippen MR) is 108 cm³/mol. The van der Waals surface area contributed by atoms with E-state index >= 15 is 0 Å². The zero-order valence-corrected chi connectivity index (χ0v) is 17.0. The number of thioether (sulfide) groups is 1. The molecule has 0 spiro atoms. The van der Waals surface area contributed by atoms with Crippen LogP contribution in [0.2, 0.25) is 0 Å². The van der Waals surface area contributed by atoms with E-state index in [9.17, 15) is 22.8 Å². The van der Waals surface area contributed by atoms with Crippen molar-refractivity contribution in [1.29, 1.82) is 0 Å². The van der Waals surface area contributed by atoms with E-state index in [0.717, 1.165) is 48.1 Å². The van der Waals surface area contributed by atoms with Crippen molar-refractivity contribution in [2.75, 3.05) is 11.1 Å². The molecule has 0 saturated heterocycles. The fourth-order valence-corrected chi connectivity index (χ4v) is 4.65. The second kappa shape index (κ2) is 7.95. The Hall–Kier alpha value is -2.53. The molecule has 0 aliphatic heterocycles. The molecule has 1 aromatic carbocycles. The molecule has 30 heavy (non-hydrogen) atoms. The first-order valence-electron chi connectivity index (χ1n) is 9.02. The van der Waals surface area contributed by atoms with Gasteiger partial charge in [0.2, 0.25) is 0 Å². The molecule has 2 aromatic heterocycles. The fourth-order valence-electron chi connectivity index (χ4n) is 3.06. The van der Waals surface area contributed by atoms with Crippen molar-refractivity contribution in [2.24, 2.45) is 5.92 Å². The molecule has 0 bridgehead atoms. The minimum atomic E-state index is -4.46. The molecule has 0 atom stereocenters. The van der Waals surface area contributed by atoms with E-state index in [1.54, 1.807) is 10.8 Å². The van der Waals surface area contributed by atoms with Crippen LogP contribution in [0.25, 0.3) is 10.9 Å². The number of hydrogen-bond acceptors (Lipinski definition) is 5. The lowest BCUT2D eigenvalue weighted by Crippen LogP contribution is -2.11. The Labute approximate surface area is 177 Å². The molecular formula is C19H16F3N3O3S2. The number of nitrogens with one attached hydrogen (secondary N) is 1. The van der Waals surface area contributed by atoms with Crippen LogP contribution < -0.4 is 5.32 Å². The second-order valence-corrected chi connectivity index (χ2v) is 9.30. The summed E-state index contributed by atoms with van der Waals surface area (Å²) in [6.07, 6.45) is 0.647. The van der Waals surface area contributed by atoms with Crippen LogP contribution in [0, 0.1) is 5.92 Å². The summed E-state index contributed by atoms with van der Waals surface area (Å²) in [4.78, 5) is 27.5. The second-order valence-electron chi connectivity index (χ2n) is 6.99. The van der Waals surface area contributed by atoms with Crippen LogP contribution in [0.4, 0.5) is 18.3 Å². The Bertz CT molecular complexity index is 1120. The third-order valence-electron chi connectivity index (χ3n) is 4.65. The number of nitrogens with zero attached hydrogens (tertiary/aromatic N) is 2. The number of aliphatic carboxylic acids is 1. The summed E-state index contributed by atoms with van der Waals surface area (Å²) in [5.41, 5.74) is -0.106. The minimum Gasteiger partial charge on any atom is -0.481 e. The van der Waals surface area contributed by atoms with E-state index in [0.29, 0.717) is 32.7 Å². The van der Waals surface area contributed by atoms with E-state index in [2.05, 4.69) is 10.3 Å². The Balaban J connectivity index is 1.61. The number of rotatable bonds is 7. The Morgan fingerprint density at radius 1 is 1.33 bits per heavy atom. The summed E-state index contributed by atoms with van der Waals surface area (Å²) in [5.74, 6) is -1.14. The summed E-state index contributed by atoms with van der Waals surface area (Å²) in [6, 6.07) is 3.38. The highest BCUT2D eigenvalue weighted by atomic mass is 32.2. The molecule has 0 unspecified atom stereocenters. The number of carboxylic acids is 1. The maximum Gasteiger partial charge on any atom is 0.416 e. The van der Waals surface area contributed by atoms with Crippen molar-refractivity contribution in [3.05, 3.63) is 41.7 Å². The molecule has 4 rings (SSSR count). The zero-order chi connectivity index (χ0) is 21.5. The number of amides is 1. The molecule has 3 aromatic rings. The van der Waals surface area contributed by atoms with Gasteiger partial charge in [-0.05, 0) is 30.9 Å². The van der Waals surface area contributed by atoms with Gasteiger partial charge in [0.1, 0.15) is 0 Å². The van der Waals surface area contributed by atoms with Crippen LogP contribution in [0.3, 0.4) is 0 Å². The normalized spacial score (nSPS) is 14.2. The Morgan fingerprint density at radius 2 is 2.10 bits per heavy atom. The number of hydrogen-bond donors (Lipinski definition) is 2. The lowest BCUT2D eigenvalue weighted by Gasteiger charge is -2.08. The third-order valence-corrected chi connectivity index (χ3v) is 6.74. The first-order valence-corrected chi connectivity index (χ1v) is 10.8. The molecule has 1 aliphatic rings. The fraction of sp³-hybridized carbons (Fsp3) is 0.316. The van der Waals surface area contributed by atoms with Crippen molar-refractivity contribution in [3.63, 3.8) is 0 Å². The Kier molecular flexibility index (Phi) is 5.49. The largest absolute Gasteiger partial charge is 0.481 e. The molecule has 1 fully saturated rings. The maximum absolute atomic E-state index is 13.2. The zero-order valence-electron chi connectivity index (χ0n) is 15.4. The van der Waals surface area contributed by atoms with Gasteiger partial charge in [-0.15, -0.1) is 11.8 Å². The minimum absolute atomic E-state index is 0.119. The highest BCUT2D eigenvalue weighted by Crippen LogP contribution is 2.36. The van der Waals surface area contributed by atoms with Crippen molar-refractivity contribution in [1.82, 2.24) is 9.55 Å².